The number of tetrazole rings is 1. The molecule has 0 aliphatic heterocycles. The van der Waals surface area contributed by atoms with Gasteiger partial charge in [0.2, 0.25) is 0 Å². The van der Waals surface area contributed by atoms with E-state index in [0.717, 1.165) is 6.07 Å². The summed E-state index contributed by atoms with van der Waals surface area (Å²) in [7, 11) is 1.28. The number of halogens is 1. The van der Waals surface area contributed by atoms with Crippen molar-refractivity contribution in [2.45, 2.75) is 0 Å². The topological polar surface area (TPSA) is 99.0 Å². The smallest absolute Gasteiger partial charge is 0.337 e. The average Bonchev–Trinajstić information content (AvgIpc) is 3.16. The van der Waals surface area contributed by atoms with Crippen LogP contribution in [0.4, 0.5) is 10.1 Å². The number of aromatic nitrogens is 4. The Morgan fingerprint density at radius 2 is 1.92 bits per heavy atom. The first-order valence-electron chi connectivity index (χ1n) is 7.11. The van der Waals surface area contributed by atoms with Crippen molar-refractivity contribution in [3.8, 4) is 5.69 Å². The molecular weight excluding hydrogens is 329 g/mol. The van der Waals surface area contributed by atoms with Gasteiger partial charge in [0.25, 0.3) is 5.91 Å². The van der Waals surface area contributed by atoms with Crippen molar-refractivity contribution in [3.05, 3.63) is 65.7 Å². The summed E-state index contributed by atoms with van der Waals surface area (Å²) in [5, 5.41) is 13.3. The fraction of sp³-hybridized carbons (Fsp3) is 0.0625. The molecule has 126 valence electrons. The first-order chi connectivity index (χ1) is 12.1. The molecule has 0 bridgehead atoms. The van der Waals surface area contributed by atoms with E-state index in [1.165, 1.54) is 42.4 Å². The molecule has 0 aliphatic rings. The number of carbonyl (C=O) groups is 2. The minimum atomic E-state index is -0.524. The summed E-state index contributed by atoms with van der Waals surface area (Å²) < 4.78 is 19.3. The van der Waals surface area contributed by atoms with E-state index >= 15 is 0 Å². The van der Waals surface area contributed by atoms with Crippen LogP contribution < -0.4 is 5.32 Å². The van der Waals surface area contributed by atoms with Crippen molar-refractivity contribution < 1.29 is 18.7 Å². The summed E-state index contributed by atoms with van der Waals surface area (Å²) in [6.45, 7) is 0. The average molecular weight is 341 g/mol. The lowest BCUT2D eigenvalue weighted by Crippen LogP contribution is -2.16. The van der Waals surface area contributed by atoms with Gasteiger partial charge in [-0.25, -0.2) is 9.18 Å². The highest BCUT2D eigenvalue weighted by atomic mass is 19.1. The molecular formula is C16H12FN5O3. The van der Waals surface area contributed by atoms with Crippen LogP contribution in [0.1, 0.15) is 20.7 Å². The number of nitrogens with zero attached hydrogens (tertiary/aromatic N) is 4. The van der Waals surface area contributed by atoms with Gasteiger partial charge < -0.3 is 10.1 Å². The normalized spacial score (nSPS) is 10.3. The van der Waals surface area contributed by atoms with Crippen LogP contribution in [0.15, 0.2) is 48.8 Å². The third-order valence-corrected chi connectivity index (χ3v) is 3.36. The minimum Gasteiger partial charge on any atom is -0.465 e. The van der Waals surface area contributed by atoms with Gasteiger partial charge >= 0.3 is 5.97 Å². The second-order valence-electron chi connectivity index (χ2n) is 4.94. The molecule has 2 aromatic carbocycles. The number of methoxy groups -OCH3 is 1. The van der Waals surface area contributed by atoms with Crippen LogP contribution in [0, 0.1) is 5.82 Å². The number of hydrogen-bond donors (Lipinski definition) is 1. The highest BCUT2D eigenvalue weighted by Crippen LogP contribution is 2.18. The zero-order valence-electron chi connectivity index (χ0n) is 13.0. The van der Waals surface area contributed by atoms with Crippen molar-refractivity contribution in [1.29, 1.82) is 0 Å². The molecule has 0 radical (unpaired) electrons. The van der Waals surface area contributed by atoms with Gasteiger partial charge in [-0.2, -0.15) is 4.68 Å². The largest absolute Gasteiger partial charge is 0.465 e. The summed E-state index contributed by atoms with van der Waals surface area (Å²) in [5.74, 6) is -1.47. The van der Waals surface area contributed by atoms with Crippen molar-refractivity contribution in [3.63, 3.8) is 0 Å². The Morgan fingerprint density at radius 1 is 1.16 bits per heavy atom. The van der Waals surface area contributed by atoms with Crippen LogP contribution in [0.5, 0.6) is 0 Å². The highest BCUT2D eigenvalue weighted by molar-refractivity contribution is 6.06. The maximum absolute atomic E-state index is 13.5. The quantitative estimate of drug-likeness (QED) is 0.727. The van der Waals surface area contributed by atoms with Crippen molar-refractivity contribution in [1.82, 2.24) is 20.2 Å². The van der Waals surface area contributed by atoms with E-state index in [4.69, 9.17) is 0 Å². The number of benzene rings is 2. The molecule has 1 aromatic heterocycles. The van der Waals surface area contributed by atoms with Crippen molar-refractivity contribution in [2.75, 3.05) is 12.4 Å². The third-order valence-electron chi connectivity index (χ3n) is 3.36. The molecule has 9 heteroatoms. The lowest BCUT2D eigenvalue weighted by atomic mass is 10.1. The first kappa shape index (κ1) is 16.2. The Morgan fingerprint density at radius 3 is 2.56 bits per heavy atom. The van der Waals surface area contributed by atoms with E-state index in [-0.39, 0.29) is 11.3 Å². The van der Waals surface area contributed by atoms with Gasteiger partial charge in [-0.15, -0.1) is 5.10 Å². The van der Waals surface area contributed by atoms with Crippen molar-refractivity contribution >= 4 is 17.6 Å². The van der Waals surface area contributed by atoms with E-state index in [9.17, 15) is 14.0 Å². The van der Waals surface area contributed by atoms with E-state index in [2.05, 4.69) is 25.6 Å². The molecule has 25 heavy (non-hydrogen) atoms. The molecule has 3 rings (SSSR count). The number of amides is 1. The van der Waals surface area contributed by atoms with E-state index in [1.54, 1.807) is 12.1 Å². The Kier molecular flexibility index (Phi) is 4.46. The Bertz CT molecular complexity index is 910. The number of carbonyl (C=O) groups excluding carboxylic acids is 2. The molecule has 3 aromatic rings. The molecule has 0 aliphatic carbocycles. The molecule has 0 saturated heterocycles. The molecule has 0 unspecified atom stereocenters. The van der Waals surface area contributed by atoms with Crippen molar-refractivity contribution in [2.24, 2.45) is 0 Å². The number of anilines is 1. The van der Waals surface area contributed by atoms with Gasteiger partial charge in [0, 0.05) is 11.8 Å². The van der Waals surface area contributed by atoms with Gasteiger partial charge in [-0.05, 0) is 46.8 Å². The SMILES string of the molecule is COC(=O)c1ccc(NC(=O)c2ccc(F)cc2-n2cnnn2)cc1. The van der Waals surface area contributed by atoms with E-state index in [1.807, 2.05) is 0 Å². The fourth-order valence-electron chi connectivity index (χ4n) is 2.16. The predicted octanol–water partition coefficient (Wildman–Crippen LogP) is 1.84. The summed E-state index contributed by atoms with van der Waals surface area (Å²) >= 11 is 0. The Balaban J connectivity index is 1.86. The van der Waals surface area contributed by atoms with Gasteiger partial charge in [-0.1, -0.05) is 0 Å². The minimum absolute atomic E-state index is 0.186. The summed E-state index contributed by atoms with van der Waals surface area (Å²) in [5.41, 5.74) is 1.21. The van der Waals surface area contributed by atoms with Crippen LogP contribution in [-0.4, -0.2) is 39.2 Å². The second-order valence-corrected chi connectivity index (χ2v) is 4.94. The fourth-order valence-corrected chi connectivity index (χ4v) is 2.16. The van der Waals surface area contributed by atoms with E-state index < -0.39 is 17.7 Å². The maximum atomic E-state index is 13.5. The monoisotopic (exact) mass is 341 g/mol. The second kappa shape index (κ2) is 6.87. The third kappa shape index (κ3) is 3.50. The molecule has 1 amide bonds. The van der Waals surface area contributed by atoms with Gasteiger partial charge in [0.1, 0.15) is 12.1 Å². The molecule has 0 saturated carbocycles. The molecule has 0 fully saturated rings. The summed E-state index contributed by atoms with van der Waals surface area (Å²) in [6.07, 6.45) is 1.26. The van der Waals surface area contributed by atoms with Gasteiger partial charge in [0.05, 0.1) is 23.9 Å². The highest BCUT2D eigenvalue weighted by Gasteiger charge is 2.15. The Hall–Kier alpha value is -3.62. The summed E-state index contributed by atoms with van der Waals surface area (Å²) in [4.78, 5) is 23.9. The van der Waals surface area contributed by atoms with Crippen LogP contribution >= 0.6 is 0 Å². The standard InChI is InChI=1S/C16H12FN5O3/c1-25-16(24)10-2-5-12(6-3-10)19-15(23)13-7-4-11(17)8-14(13)22-9-18-20-21-22/h2-9H,1H3,(H,19,23). The van der Waals surface area contributed by atoms with Crippen LogP contribution in [-0.2, 0) is 4.74 Å². The van der Waals surface area contributed by atoms with Gasteiger partial charge in [0.15, 0.2) is 0 Å². The number of esters is 1. The molecule has 1 heterocycles. The number of hydrogen-bond acceptors (Lipinski definition) is 6. The number of rotatable bonds is 4. The maximum Gasteiger partial charge on any atom is 0.337 e. The lowest BCUT2D eigenvalue weighted by Gasteiger charge is -2.10. The lowest BCUT2D eigenvalue weighted by molar-refractivity contribution is 0.0600. The van der Waals surface area contributed by atoms with Crippen LogP contribution in [0.2, 0.25) is 0 Å². The molecule has 0 spiro atoms. The number of ether oxygens (including phenoxy) is 1. The molecule has 1 N–H and O–H groups in total. The molecule has 0 atom stereocenters. The predicted molar refractivity (Wildman–Crippen MR) is 84.8 cm³/mol. The summed E-state index contributed by atoms with van der Waals surface area (Å²) in [6, 6.07) is 9.83. The number of nitrogens with one attached hydrogen (secondary N) is 1. The Labute approximate surface area is 141 Å². The first-order valence-corrected chi connectivity index (χ1v) is 7.11. The molecule has 8 nitrogen and oxygen atoms in total. The van der Waals surface area contributed by atoms with E-state index in [0.29, 0.717) is 11.3 Å². The van der Waals surface area contributed by atoms with Crippen LogP contribution in [0.25, 0.3) is 5.69 Å². The zero-order chi connectivity index (χ0) is 17.8. The zero-order valence-corrected chi connectivity index (χ0v) is 13.0. The van der Waals surface area contributed by atoms with Gasteiger partial charge in [-0.3, -0.25) is 4.79 Å². The van der Waals surface area contributed by atoms with Crippen LogP contribution in [0.3, 0.4) is 0 Å².